The Morgan fingerprint density at radius 3 is 2.62 bits per heavy atom. The van der Waals surface area contributed by atoms with E-state index in [1.807, 2.05) is 7.05 Å². The fourth-order valence-corrected chi connectivity index (χ4v) is 2.99. The molecule has 1 fully saturated rings. The zero-order chi connectivity index (χ0) is 14.9. The number of aliphatic hydroxyl groups excluding tert-OH is 1. The highest BCUT2D eigenvalue weighted by Gasteiger charge is 2.20. The van der Waals surface area contributed by atoms with Gasteiger partial charge in [0.1, 0.15) is 0 Å². The van der Waals surface area contributed by atoms with Crippen LogP contribution in [0.1, 0.15) is 30.9 Å². The Balaban J connectivity index is 1.71. The molecule has 1 unspecified atom stereocenters. The minimum atomic E-state index is 0.126. The van der Waals surface area contributed by atoms with Gasteiger partial charge in [0, 0.05) is 19.1 Å². The van der Waals surface area contributed by atoms with Crippen LogP contribution in [0.2, 0.25) is 0 Å². The third-order valence-corrected chi connectivity index (χ3v) is 4.26. The SMILES string of the molecule is CNC(CCN1CCC(OCCO)CC1)c1ccccc1. The van der Waals surface area contributed by atoms with Crippen molar-refractivity contribution in [2.75, 3.05) is 39.9 Å². The summed E-state index contributed by atoms with van der Waals surface area (Å²) >= 11 is 0. The van der Waals surface area contributed by atoms with E-state index in [4.69, 9.17) is 9.84 Å². The van der Waals surface area contributed by atoms with E-state index in [-0.39, 0.29) is 6.61 Å². The minimum Gasteiger partial charge on any atom is -0.394 e. The Labute approximate surface area is 128 Å². The molecule has 0 bridgehead atoms. The van der Waals surface area contributed by atoms with E-state index in [1.54, 1.807) is 0 Å². The Morgan fingerprint density at radius 1 is 1.29 bits per heavy atom. The van der Waals surface area contributed by atoms with Crippen LogP contribution in [0.4, 0.5) is 0 Å². The third-order valence-electron chi connectivity index (χ3n) is 4.26. The predicted molar refractivity (Wildman–Crippen MR) is 85.4 cm³/mol. The average molecular weight is 292 g/mol. The summed E-state index contributed by atoms with van der Waals surface area (Å²) in [5.74, 6) is 0. The summed E-state index contributed by atoms with van der Waals surface area (Å²) in [7, 11) is 2.03. The molecule has 2 rings (SSSR count). The molecule has 0 radical (unpaired) electrons. The van der Waals surface area contributed by atoms with E-state index in [1.165, 1.54) is 5.56 Å². The van der Waals surface area contributed by atoms with Crippen molar-refractivity contribution in [1.82, 2.24) is 10.2 Å². The zero-order valence-electron chi connectivity index (χ0n) is 13.0. The van der Waals surface area contributed by atoms with Crippen LogP contribution in [0.25, 0.3) is 0 Å². The quantitative estimate of drug-likeness (QED) is 0.767. The molecule has 0 aromatic heterocycles. The zero-order valence-corrected chi connectivity index (χ0v) is 13.0. The Hall–Kier alpha value is -0.940. The highest BCUT2D eigenvalue weighted by Crippen LogP contribution is 2.19. The second kappa shape index (κ2) is 9.15. The number of likely N-dealkylation sites (tertiary alicyclic amines) is 1. The number of benzene rings is 1. The van der Waals surface area contributed by atoms with E-state index >= 15 is 0 Å². The molecule has 1 atom stereocenters. The van der Waals surface area contributed by atoms with Gasteiger partial charge in [0.2, 0.25) is 0 Å². The maximum absolute atomic E-state index is 8.79. The molecule has 4 heteroatoms. The molecule has 1 aromatic rings. The van der Waals surface area contributed by atoms with Gasteiger partial charge in [-0.25, -0.2) is 0 Å². The number of rotatable bonds is 8. The summed E-state index contributed by atoms with van der Waals surface area (Å²) in [6.45, 7) is 3.91. The van der Waals surface area contributed by atoms with Gasteiger partial charge in [-0.1, -0.05) is 30.3 Å². The molecule has 1 aromatic carbocycles. The van der Waals surface area contributed by atoms with Crippen LogP contribution in [0, 0.1) is 0 Å². The number of nitrogens with zero attached hydrogens (tertiary/aromatic N) is 1. The summed E-state index contributed by atoms with van der Waals surface area (Å²) in [6, 6.07) is 11.1. The van der Waals surface area contributed by atoms with Crippen LogP contribution in [-0.4, -0.2) is 56.0 Å². The lowest BCUT2D eigenvalue weighted by atomic mass is 10.0. The van der Waals surface area contributed by atoms with Crippen molar-refractivity contribution in [3.63, 3.8) is 0 Å². The molecule has 1 heterocycles. The number of ether oxygens (including phenoxy) is 1. The van der Waals surface area contributed by atoms with Crippen LogP contribution in [0.15, 0.2) is 30.3 Å². The van der Waals surface area contributed by atoms with Crippen molar-refractivity contribution in [1.29, 1.82) is 0 Å². The molecule has 0 aliphatic carbocycles. The molecular formula is C17H28N2O2. The first-order chi connectivity index (χ1) is 10.3. The first kappa shape index (κ1) is 16.4. The standard InChI is InChI=1S/C17H28N2O2/c1-18-17(15-5-3-2-4-6-15)9-12-19-10-7-16(8-11-19)21-14-13-20/h2-6,16-18,20H,7-14H2,1H3. The van der Waals surface area contributed by atoms with E-state index in [0.29, 0.717) is 18.8 Å². The van der Waals surface area contributed by atoms with E-state index in [2.05, 4.69) is 40.5 Å². The smallest absolute Gasteiger partial charge is 0.0701 e. The normalized spacial score (nSPS) is 18.8. The van der Waals surface area contributed by atoms with Crippen molar-refractivity contribution in [3.8, 4) is 0 Å². The Kier molecular flexibility index (Phi) is 7.16. The lowest BCUT2D eigenvalue weighted by Gasteiger charge is -2.32. The first-order valence-electron chi connectivity index (χ1n) is 8.00. The van der Waals surface area contributed by atoms with Crippen LogP contribution in [0.5, 0.6) is 0 Å². The van der Waals surface area contributed by atoms with Gasteiger partial charge in [-0.05, 0) is 38.4 Å². The molecule has 4 nitrogen and oxygen atoms in total. The summed E-state index contributed by atoms with van der Waals surface area (Å²) in [5.41, 5.74) is 1.36. The van der Waals surface area contributed by atoms with Crippen LogP contribution in [-0.2, 0) is 4.74 Å². The monoisotopic (exact) mass is 292 g/mol. The van der Waals surface area contributed by atoms with E-state index < -0.39 is 0 Å². The maximum atomic E-state index is 8.79. The number of nitrogens with one attached hydrogen (secondary N) is 1. The molecule has 0 spiro atoms. The predicted octanol–water partition coefficient (Wildman–Crippen LogP) is 1.81. The fraction of sp³-hybridized carbons (Fsp3) is 0.647. The Bertz CT molecular complexity index is 378. The van der Waals surface area contributed by atoms with E-state index in [0.717, 1.165) is 38.9 Å². The van der Waals surface area contributed by atoms with Gasteiger partial charge in [0.05, 0.1) is 19.3 Å². The molecule has 0 saturated carbocycles. The van der Waals surface area contributed by atoms with Crippen LogP contribution in [0.3, 0.4) is 0 Å². The highest BCUT2D eigenvalue weighted by molar-refractivity contribution is 5.18. The fourth-order valence-electron chi connectivity index (χ4n) is 2.99. The number of aliphatic hydroxyl groups is 1. The lowest BCUT2D eigenvalue weighted by Crippen LogP contribution is -2.38. The van der Waals surface area contributed by atoms with E-state index in [9.17, 15) is 0 Å². The molecular weight excluding hydrogens is 264 g/mol. The van der Waals surface area contributed by atoms with Crippen molar-refractivity contribution < 1.29 is 9.84 Å². The largest absolute Gasteiger partial charge is 0.394 e. The Morgan fingerprint density at radius 2 is 2.00 bits per heavy atom. The second-order valence-electron chi connectivity index (χ2n) is 5.68. The maximum Gasteiger partial charge on any atom is 0.0701 e. The minimum absolute atomic E-state index is 0.126. The number of hydrogen-bond donors (Lipinski definition) is 2. The second-order valence-corrected chi connectivity index (χ2v) is 5.68. The van der Waals surface area contributed by atoms with Crippen LogP contribution < -0.4 is 5.32 Å². The average Bonchev–Trinajstić information content (AvgIpc) is 2.55. The van der Waals surface area contributed by atoms with Crippen LogP contribution >= 0.6 is 0 Å². The van der Waals surface area contributed by atoms with Gasteiger partial charge in [-0.3, -0.25) is 0 Å². The molecule has 1 aliphatic heterocycles. The highest BCUT2D eigenvalue weighted by atomic mass is 16.5. The summed E-state index contributed by atoms with van der Waals surface area (Å²) in [5, 5.41) is 12.2. The van der Waals surface area contributed by atoms with Crippen molar-refractivity contribution in [2.24, 2.45) is 0 Å². The van der Waals surface area contributed by atoms with Gasteiger partial charge >= 0.3 is 0 Å². The van der Waals surface area contributed by atoms with Gasteiger partial charge in [-0.15, -0.1) is 0 Å². The number of hydrogen-bond acceptors (Lipinski definition) is 4. The molecule has 1 saturated heterocycles. The molecule has 21 heavy (non-hydrogen) atoms. The summed E-state index contributed by atoms with van der Waals surface area (Å²) in [6.07, 6.45) is 3.62. The number of piperidine rings is 1. The summed E-state index contributed by atoms with van der Waals surface area (Å²) in [4.78, 5) is 2.52. The molecule has 0 amide bonds. The van der Waals surface area contributed by atoms with Crippen molar-refractivity contribution >= 4 is 0 Å². The van der Waals surface area contributed by atoms with Gasteiger partial charge in [-0.2, -0.15) is 0 Å². The lowest BCUT2D eigenvalue weighted by molar-refractivity contribution is -0.00813. The molecule has 118 valence electrons. The third kappa shape index (κ3) is 5.40. The van der Waals surface area contributed by atoms with Crippen molar-refractivity contribution in [2.45, 2.75) is 31.4 Å². The first-order valence-corrected chi connectivity index (χ1v) is 8.00. The topological polar surface area (TPSA) is 44.7 Å². The van der Waals surface area contributed by atoms with Gasteiger partial charge < -0.3 is 20.1 Å². The van der Waals surface area contributed by atoms with Gasteiger partial charge in [0.15, 0.2) is 0 Å². The summed E-state index contributed by atoms with van der Waals surface area (Å²) < 4.78 is 5.61. The van der Waals surface area contributed by atoms with Gasteiger partial charge in [0.25, 0.3) is 0 Å². The van der Waals surface area contributed by atoms with Crippen molar-refractivity contribution in [3.05, 3.63) is 35.9 Å². The molecule has 1 aliphatic rings. The molecule has 2 N–H and O–H groups in total.